The highest BCUT2D eigenvalue weighted by Crippen LogP contribution is 2.20. The Morgan fingerprint density at radius 3 is 3.00 bits per heavy atom. The molecule has 2 heterocycles. The molecule has 1 N–H and O–H groups in total. The molecular formula is C12H7FN4O2. The number of halogens is 1. The van der Waals surface area contributed by atoms with Crippen LogP contribution in [0.3, 0.4) is 0 Å². The zero-order chi connectivity index (χ0) is 13.2. The van der Waals surface area contributed by atoms with Gasteiger partial charge in [-0.1, -0.05) is 17.3 Å². The fourth-order valence-corrected chi connectivity index (χ4v) is 1.57. The normalized spacial score (nSPS) is 10.6. The first-order valence-corrected chi connectivity index (χ1v) is 5.37. The molecule has 0 aliphatic carbocycles. The van der Waals surface area contributed by atoms with E-state index in [1.807, 2.05) is 0 Å². The molecule has 6 nitrogen and oxygen atoms in total. The van der Waals surface area contributed by atoms with Crippen LogP contribution < -0.4 is 5.56 Å². The lowest BCUT2D eigenvalue weighted by molar-refractivity contribution is 0.431. The molecule has 0 spiro atoms. The van der Waals surface area contributed by atoms with Crippen molar-refractivity contribution in [3.05, 3.63) is 53.0 Å². The fraction of sp³-hybridized carbons (Fsp3) is 0. The molecular weight excluding hydrogens is 251 g/mol. The Morgan fingerprint density at radius 1 is 1.32 bits per heavy atom. The van der Waals surface area contributed by atoms with E-state index in [1.54, 1.807) is 6.07 Å². The molecule has 3 aromatic rings. The second-order valence-corrected chi connectivity index (χ2v) is 3.73. The first kappa shape index (κ1) is 11.3. The zero-order valence-corrected chi connectivity index (χ0v) is 9.50. The second-order valence-electron chi connectivity index (χ2n) is 3.73. The van der Waals surface area contributed by atoms with Gasteiger partial charge in [0.25, 0.3) is 11.4 Å². The van der Waals surface area contributed by atoms with Crippen molar-refractivity contribution >= 4 is 0 Å². The van der Waals surface area contributed by atoms with Crippen molar-refractivity contribution in [1.82, 2.24) is 20.1 Å². The molecule has 0 radical (unpaired) electrons. The molecule has 0 unspecified atom stereocenters. The van der Waals surface area contributed by atoms with Crippen LogP contribution in [-0.2, 0) is 0 Å². The van der Waals surface area contributed by atoms with Crippen LogP contribution in [0.2, 0.25) is 0 Å². The highest BCUT2D eigenvalue weighted by atomic mass is 19.1. The predicted octanol–water partition coefficient (Wildman–Crippen LogP) is 1.63. The van der Waals surface area contributed by atoms with Gasteiger partial charge < -0.3 is 9.51 Å². The van der Waals surface area contributed by atoms with Gasteiger partial charge in [0.15, 0.2) is 0 Å². The van der Waals surface area contributed by atoms with Crippen LogP contribution >= 0.6 is 0 Å². The molecule has 7 heteroatoms. The number of nitrogens with one attached hydrogen (secondary N) is 1. The maximum Gasteiger partial charge on any atom is 0.265 e. The van der Waals surface area contributed by atoms with Crippen molar-refractivity contribution in [1.29, 1.82) is 0 Å². The summed E-state index contributed by atoms with van der Waals surface area (Å²) in [6, 6.07) is 5.78. The maximum absolute atomic E-state index is 13.1. The number of benzene rings is 1. The average Bonchev–Trinajstić information content (AvgIpc) is 2.89. The number of rotatable bonds is 2. The van der Waals surface area contributed by atoms with Gasteiger partial charge in [0.1, 0.15) is 11.4 Å². The lowest BCUT2D eigenvalue weighted by Gasteiger charge is -1.93. The second kappa shape index (κ2) is 4.45. The maximum atomic E-state index is 13.1. The Labute approximate surface area is 105 Å². The van der Waals surface area contributed by atoms with Crippen LogP contribution in [0.5, 0.6) is 0 Å². The first-order chi connectivity index (χ1) is 9.24. The SMILES string of the molecule is O=c1[nH]cncc1-c1nc(-c2cccc(F)c2)no1. The molecule has 0 fully saturated rings. The van der Waals surface area contributed by atoms with Gasteiger partial charge in [-0.25, -0.2) is 9.37 Å². The van der Waals surface area contributed by atoms with Crippen molar-refractivity contribution in [3.8, 4) is 22.8 Å². The summed E-state index contributed by atoms with van der Waals surface area (Å²) < 4.78 is 18.1. The van der Waals surface area contributed by atoms with Crippen LogP contribution in [-0.4, -0.2) is 20.1 Å². The third kappa shape index (κ3) is 2.13. The van der Waals surface area contributed by atoms with Crippen molar-refractivity contribution in [2.24, 2.45) is 0 Å². The van der Waals surface area contributed by atoms with E-state index in [4.69, 9.17) is 4.52 Å². The Hall–Kier alpha value is -2.83. The molecule has 0 saturated carbocycles. The Morgan fingerprint density at radius 2 is 2.21 bits per heavy atom. The number of hydrogen-bond donors (Lipinski definition) is 1. The summed E-state index contributed by atoms with van der Waals surface area (Å²) in [6.07, 6.45) is 2.58. The van der Waals surface area contributed by atoms with E-state index in [9.17, 15) is 9.18 Å². The van der Waals surface area contributed by atoms with E-state index in [2.05, 4.69) is 20.1 Å². The molecule has 0 bridgehead atoms. The van der Waals surface area contributed by atoms with Crippen LogP contribution in [0.1, 0.15) is 0 Å². The van der Waals surface area contributed by atoms with Crippen molar-refractivity contribution in [3.63, 3.8) is 0 Å². The van der Waals surface area contributed by atoms with Crippen molar-refractivity contribution in [2.45, 2.75) is 0 Å². The molecule has 0 aliphatic heterocycles. The standard InChI is InChI=1S/C12H7FN4O2/c13-8-3-1-2-7(4-8)10-16-12(19-17-10)9-5-14-6-15-11(9)18/h1-6H,(H,14,15,18). The number of nitrogens with zero attached hydrogens (tertiary/aromatic N) is 3. The summed E-state index contributed by atoms with van der Waals surface area (Å²) in [5.41, 5.74) is 0.248. The van der Waals surface area contributed by atoms with Gasteiger partial charge in [-0.15, -0.1) is 0 Å². The molecule has 0 amide bonds. The Kier molecular flexibility index (Phi) is 2.64. The van der Waals surface area contributed by atoms with Crippen LogP contribution in [0.15, 0.2) is 46.1 Å². The summed E-state index contributed by atoms with van der Waals surface area (Å²) in [7, 11) is 0. The summed E-state index contributed by atoms with van der Waals surface area (Å²) in [6.45, 7) is 0. The Balaban J connectivity index is 2.05. The van der Waals surface area contributed by atoms with Crippen molar-refractivity contribution in [2.75, 3.05) is 0 Å². The third-order valence-corrected chi connectivity index (χ3v) is 2.46. The molecule has 94 valence electrons. The summed E-state index contributed by atoms with van der Waals surface area (Å²) in [5.74, 6) is -0.158. The van der Waals surface area contributed by atoms with Gasteiger partial charge >= 0.3 is 0 Å². The molecule has 0 atom stereocenters. The minimum Gasteiger partial charge on any atom is -0.333 e. The third-order valence-electron chi connectivity index (χ3n) is 2.46. The summed E-state index contributed by atoms with van der Waals surface area (Å²) in [4.78, 5) is 21.8. The van der Waals surface area contributed by atoms with Gasteiger partial charge in [0, 0.05) is 11.8 Å². The van der Waals surface area contributed by atoms with E-state index in [1.165, 1.54) is 30.7 Å². The largest absolute Gasteiger partial charge is 0.333 e. The number of aromatic nitrogens is 4. The molecule has 19 heavy (non-hydrogen) atoms. The van der Waals surface area contributed by atoms with Crippen LogP contribution in [0.4, 0.5) is 4.39 Å². The predicted molar refractivity (Wildman–Crippen MR) is 63.5 cm³/mol. The number of hydrogen-bond acceptors (Lipinski definition) is 5. The minimum absolute atomic E-state index is 0.0358. The summed E-state index contributed by atoms with van der Waals surface area (Å²) >= 11 is 0. The topological polar surface area (TPSA) is 84.7 Å². The molecule has 3 rings (SSSR count). The molecule has 0 saturated heterocycles. The highest BCUT2D eigenvalue weighted by Gasteiger charge is 2.13. The molecule has 0 aliphatic rings. The van der Waals surface area contributed by atoms with E-state index in [0.717, 1.165) is 0 Å². The van der Waals surface area contributed by atoms with Gasteiger partial charge in [0.2, 0.25) is 5.82 Å². The quantitative estimate of drug-likeness (QED) is 0.755. The van der Waals surface area contributed by atoms with Crippen LogP contribution in [0.25, 0.3) is 22.8 Å². The smallest absolute Gasteiger partial charge is 0.265 e. The van der Waals surface area contributed by atoms with E-state index in [0.29, 0.717) is 5.56 Å². The van der Waals surface area contributed by atoms with Crippen molar-refractivity contribution < 1.29 is 8.91 Å². The number of aromatic amines is 1. The average molecular weight is 258 g/mol. The Bertz CT molecular complexity index is 781. The molecule has 1 aromatic carbocycles. The van der Waals surface area contributed by atoms with E-state index in [-0.39, 0.29) is 22.8 Å². The van der Waals surface area contributed by atoms with Gasteiger partial charge in [-0.05, 0) is 12.1 Å². The van der Waals surface area contributed by atoms with Crippen LogP contribution in [0, 0.1) is 5.82 Å². The first-order valence-electron chi connectivity index (χ1n) is 5.37. The lowest BCUT2D eigenvalue weighted by atomic mass is 10.2. The highest BCUT2D eigenvalue weighted by molar-refractivity contribution is 5.58. The fourth-order valence-electron chi connectivity index (χ4n) is 1.57. The van der Waals surface area contributed by atoms with Gasteiger partial charge in [0.05, 0.1) is 6.33 Å². The van der Waals surface area contributed by atoms with E-state index < -0.39 is 5.82 Å². The van der Waals surface area contributed by atoms with Gasteiger partial charge in [-0.2, -0.15) is 4.98 Å². The van der Waals surface area contributed by atoms with E-state index >= 15 is 0 Å². The van der Waals surface area contributed by atoms with Gasteiger partial charge in [-0.3, -0.25) is 4.79 Å². The lowest BCUT2D eigenvalue weighted by Crippen LogP contribution is -2.08. The molecule has 2 aromatic heterocycles. The zero-order valence-electron chi connectivity index (χ0n) is 9.50. The minimum atomic E-state index is -0.400. The monoisotopic (exact) mass is 258 g/mol. The number of H-pyrrole nitrogens is 1. The summed E-state index contributed by atoms with van der Waals surface area (Å²) in [5, 5.41) is 3.71.